The highest BCUT2D eigenvalue weighted by Gasteiger charge is 2.10. The molecule has 0 spiro atoms. The molecular formula is C24H14OS. The minimum atomic E-state index is -0.374. The number of para-hydroxylation sites is 1. The standard InChI is InChI=1S/C24H14OS/c1-3-7-21-17(5-1)19-13-15(9-11-22(19)25-21)16-10-12-24-20(14-16)18-6-2-4-8-23(18)26-24/h1-14H/i2D,4D,6D,8D,10D,12D,14D. The molecule has 0 saturated heterocycles. The van der Waals surface area contributed by atoms with Gasteiger partial charge in [0.25, 0.3) is 0 Å². The van der Waals surface area contributed by atoms with E-state index in [1.165, 1.54) is 0 Å². The van der Waals surface area contributed by atoms with Crippen LogP contribution in [0.15, 0.2) is 89.2 Å². The van der Waals surface area contributed by atoms with Crippen LogP contribution in [0.25, 0.3) is 53.2 Å². The van der Waals surface area contributed by atoms with Gasteiger partial charge < -0.3 is 4.42 Å². The SMILES string of the molecule is [2H]c1c([2H])c([2H])c2c(sc3c([2H])c([2H])c(-c4ccc5oc6ccccc6c5c4)c([2H])c32)c1[2H]. The minimum Gasteiger partial charge on any atom is -0.456 e. The lowest BCUT2D eigenvalue weighted by molar-refractivity contribution is 0.669. The molecule has 0 aliphatic carbocycles. The number of hydrogen-bond acceptors (Lipinski definition) is 2. The van der Waals surface area contributed by atoms with Gasteiger partial charge in [-0.05, 0) is 47.5 Å². The monoisotopic (exact) mass is 357 g/mol. The molecule has 0 saturated carbocycles. The highest BCUT2D eigenvalue weighted by Crippen LogP contribution is 2.37. The van der Waals surface area contributed by atoms with E-state index >= 15 is 0 Å². The minimum absolute atomic E-state index is 0.0190. The summed E-state index contributed by atoms with van der Waals surface area (Å²) in [5.41, 5.74) is 2.25. The molecule has 26 heavy (non-hydrogen) atoms. The summed E-state index contributed by atoms with van der Waals surface area (Å²) in [6, 6.07) is 11.6. The first kappa shape index (κ1) is 9.02. The normalized spacial score (nSPS) is 15.6. The fourth-order valence-electron chi connectivity index (χ4n) is 3.33. The molecule has 0 amide bonds. The summed E-state index contributed by atoms with van der Waals surface area (Å²) < 4.78 is 65.5. The van der Waals surface area contributed by atoms with Crippen molar-refractivity contribution in [3.05, 3.63) is 84.8 Å². The predicted molar refractivity (Wildman–Crippen MR) is 112 cm³/mol. The van der Waals surface area contributed by atoms with Crippen LogP contribution < -0.4 is 0 Å². The summed E-state index contributed by atoms with van der Waals surface area (Å²) in [7, 11) is 0. The van der Waals surface area contributed by atoms with Gasteiger partial charge in [0, 0.05) is 30.9 Å². The second-order valence-electron chi connectivity index (χ2n) is 6.07. The van der Waals surface area contributed by atoms with Gasteiger partial charge in [-0.3, -0.25) is 0 Å². The first-order valence-electron chi connectivity index (χ1n) is 11.6. The molecule has 0 aliphatic rings. The number of rotatable bonds is 1. The predicted octanol–water partition coefficient (Wildman–Crippen LogP) is 7.62. The van der Waals surface area contributed by atoms with E-state index in [0.29, 0.717) is 20.5 Å². The van der Waals surface area contributed by atoms with Crippen LogP contribution in [0.3, 0.4) is 0 Å². The quantitative estimate of drug-likeness (QED) is 0.295. The molecule has 0 fully saturated rings. The van der Waals surface area contributed by atoms with Crippen molar-refractivity contribution in [2.45, 2.75) is 0 Å². The molecule has 0 radical (unpaired) electrons. The van der Waals surface area contributed by atoms with Gasteiger partial charge >= 0.3 is 0 Å². The number of thiophene rings is 1. The van der Waals surface area contributed by atoms with Gasteiger partial charge in [-0.1, -0.05) is 48.4 Å². The summed E-state index contributed by atoms with van der Waals surface area (Å²) in [6.07, 6.45) is 0. The van der Waals surface area contributed by atoms with Crippen LogP contribution in [0.4, 0.5) is 0 Å². The molecule has 122 valence electrons. The molecule has 0 unspecified atom stereocenters. The molecule has 0 aliphatic heterocycles. The molecule has 0 atom stereocenters. The Hall–Kier alpha value is -3.10. The summed E-state index contributed by atoms with van der Waals surface area (Å²) >= 11 is 1.04. The maximum absolute atomic E-state index is 8.97. The largest absolute Gasteiger partial charge is 0.456 e. The van der Waals surface area contributed by atoms with Crippen molar-refractivity contribution in [1.29, 1.82) is 0 Å². The Morgan fingerprint density at radius 3 is 2.54 bits per heavy atom. The third-order valence-electron chi connectivity index (χ3n) is 4.55. The van der Waals surface area contributed by atoms with E-state index in [1.807, 2.05) is 30.3 Å². The zero-order chi connectivity index (χ0) is 23.2. The molecule has 2 aromatic heterocycles. The van der Waals surface area contributed by atoms with E-state index in [9.17, 15) is 0 Å². The van der Waals surface area contributed by atoms with Gasteiger partial charge in [-0.15, -0.1) is 11.3 Å². The fraction of sp³-hybridized carbons (Fsp3) is 0. The molecular weight excluding hydrogens is 336 g/mol. The number of benzene rings is 4. The van der Waals surface area contributed by atoms with Crippen LogP contribution >= 0.6 is 11.3 Å². The van der Waals surface area contributed by atoms with Gasteiger partial charge in [-0.25, -0.2) is 0 Å². The molecule has 1 nitrogen and oxygen atoms in total. The number of furan rings is 1. The van der Waals surface area contributed by atoms with E-state index in [1.54, 1.807) is 12.1 Å². The van der Waals surface area contributed by atoms with Crippen molar-refractivity contribution in [1.82, 2.24) is 0 Å². The Bertz CT molecular complexity index is 1800. The zero-order valence-electron chi connectivity index (χ0n) is 20.4. The summed E-state index contributed by atoms with van der Waals surface area (Å²) in [5, 5.41) is 2.27. The van der Waals surface area contributed by atoms with Crippen molar-refractivity contribution in [2.75, 3.05) is 0 Å². The summed E-state index contributed by atoms with van der Waals surface area (Å²) in [5.74, 6) is 0. The van der Waals surface area contributed by atoms with E-state index < -0.39 is 0 Å². The second kappa shape index (κ2) is 5.20. The third kappa shape index (κ3) is 1.97. The maximum Gasteiger partial charge on any atom is 0.135 e. The van der Waals surface area contributed by atoms with Crippen molar-refractivity contribution in [3.63, 3.8) is 0 Å². The Balaban J connectivity index is 1.75. The highest BCUT2D eigenvalue weighted by atomic mass is 32.1. The Morgan fingerprint density at radius 1 is 0.692 bits per heavy atom. The van der Waals surface area contributed by atoms with Crippen molar-refractivity contribution in [3.8, 4) is 11.1 Å². The first-order valence-corrected chi connectivity index (χ1v) is 8.95. The van der Waals surface area contributed by atoms with Crippen molar-refractivity contribution < 1.29 is 14.0 Å². The van der Waals surface area contributed by atoms with E-state index in [2.05, 4.69) is 0 Å². The van der Waals surface area contributed by atoms with E-state index in [4.69, 9.17) is 14.0 Å². The molecule has 0 bridgehead atoms. The van der Waals surface area contributed by atoms with Crippen molar-refractivity contribution in [2.24, 2.45) is 0 Å². The first-order chi connectivity index (χ1) is 15.8. The number of fused-ring (bicyclic) bond motifs is 6. The van der Waals surface area contributed by atoms with Crippen LogP contribution in [0.2, 0.25) is 0 Å². The van der Waals surface area contributed by atoms with Crippen LogP contribution in [0.1, 0.15) is 9.60 Å². The van der Waals surface area contributed by atoms with Gasteiger partial charge in [0.1, 0.15) is 11.2 Å². The van der Waals surface area contributed by atoms with Crippen LogP contribution in [0.5, 0.6) is 0 Å². The average molecular weight is 357 g/mol. The van der Waals surface area contributed by atoms with Crippen LogP contribution in [0, 0.1) is 0 Å². The molecule has 2 heteroatoms. The summed E-state index contributed by atoms with van der Waals surface area (Å²) in [4.78, 5) is 0. The number of hydrogen-bond donors (Lipinski definition) is 0. The average Bonchev–Trinajstić information content (AvgIpc) is 3.39. The smallest absolute Gasteiger partial charge is 0.135 e. The van der Waals surface area contributed by atoms with Gasteiger partial charge in [-0.2, -0.15) is 0 Å². The fourth-order valence-corrected chi connectivity index (χ4v) is 4.25. The van der Waals surface area contributed by atoms with Gasteiger partial charge in [0.2, 0.25) is 0 Å². The van der Waals surface area contributed by atoms with Crippen LogP contribution in [-0.4, -0.2) is 0 Å². The Kier molecular flexibility index (Phi) is 1.80. The van der Waals surface area contributed by atoms with E-state index in [0.717, 1.165) is 27.7 Å². The van der Waals surface area contributed by atoms with Gasteiger partial charge in [0.05, 0.1) is 9.60 Å². The molecule has 4 aromatic carbocycles. The molecule has 0 N–H and O–H groups in total. The third-order valence-corrected chi connectivity index (χ3v) is 5.57. The van der Waals surface area contributed by atoms with E-state index in [-0.39, 0.29) is 58.6 Å². The molecule has 2 heterocycles. The highest BCUT2D eigenvalue weighted by molar-refractivity contribution is 7.25. The second-order valence-corrected chi connectivity index (χ2v) is 7.09. The lowest BCUT2D eigenvalue weighted by Crippen LogP contribution is -1.78. The zero-order valence-corrected chi connectivity index (χ0v) is 14.2. The molecule has 6 aromatic rings. The van der Waals surface area contributed by atoms with Crippen LogP contribution in [-0.2, 0) is 0 Å². The van der Waals surface area contributed by atoms with Crippen molar-refractivity contribution >= 4 is 53.4 Å². The van der Waals surface area contributed by atoms with Gasteiger partial charge in [0.15, 0.2) is 0 Å². The lowest BCUT2D eigenvalue weighted by Gasteiger charge is -2.03. The topological polar surface area (TPSA) is 13.1 Å². The molecule has 6 rings (SSSR count). The Morgan fingerprint density at radius 2 is 1.54 bits per heavy atom. The lowest BCUT2D eigenvalue weighted by atomic mass is 10.0. The Labute approximate surface area is 163 Å². The summed E-state index contributed by atoms with van der Waals surface area (Å²) in [6.45, 7) is 0. The maximum atomic E-state index is 8.97.